The summed E-state index contributed by atoms with van der Waals surface area (Å²) in [5.74, 6) is -1.05. The third-order valence-corrected chi connectivity index (χ3v) is 3.03. The molecular weight excluding hydrogens is 304 g/mol. The maximum Gasteiger partial charge on any atom is 0.310 e. The average Bonchev–Trinajstić information content (AvgIpc) is 2.39. The number of hydrogen-bond donors (Lipinski definition) is 1. The highest BCUT2D eigenvalue weighted by Crippen LogP contribution is 2.38. The number of ether oxygens (including phenoxy) is 2. The molecule has 9 heteroatoms. The summed E-state index contributed by atoms with van der Waals surface area (Å²) in [6.45, 7) is 1.82. The second-order valence-electron chi connectivity index (χ2n) is 4.16. The van der Waals surface area contributed by atoms with Crippen LogP contribution < -0.4 is 10.1 Å². The molecule has 112 valence electrons. The molecule has 0 bridgehead atoms. The highest BCUT2D eigenvalue weighted by atomic mass is 35.5. The van der Waals surface area contributed by atoms with Gasteiger partial charge in [-0.3, -0.25) is 19.7 Å². The summed E-state index contributed by atoms with van der Waals surface area (Å²) in [4.78, 5) is 33.3. The Kier molecular flexibility index (Phi) is 4.27. The van der Waals surface area contributed by atoms with E-state index in [0.717, 1.165) is 6.07 Å². The number of anilines is 1. The number of nitro benzene ring substituents is 1. The zero-order chi connectivity index (χ0) is 15.6. The number of nitrogens with zero attached hydrogens (tertiary/aromatic N) is 1. The molecule has 1 aromatic rings. The Morgan fingerprint density at radius 2 is 2.29 bits per heavy atom. The maximum atomic E-state index is 11.8. The van der Waals surface area contributed by atoms with Crippen molar-refractivity contribution in [1.29, 1.82) is 0 Å². The number of amides is 1. The predicted molar refractivity (Wildman–Crippen MR) is 72.4 cm³/mol. The minimum atomic E-state index is -1.10. The molecule has 8 nitrogen and oxygen atoms in total. The van der Waals surface area contributed by atoms with E-state index in [-0.39, 0.29) is 35.2 Å². The normalized spacial score (nSPS) is 16.5. The monoisotopic (exact) mass is 314 g/mol. The molecule has 0 aromatic heterocycles. The fourth-order valence-electron chi connectivity index (χ4n) is 1.80. The van der Waals surface area contributed by atoms with Crippen LogP contribution in [0.1, 0.15) is 13.3 Å². The van der Waals surface area contributed by atoms with E-state index >= 15 is 0 Å². The number of hydrogen-bond acceptors (Lipinski definition) is 6. The van der Waals surface area contributed by atoms with E-state index in [2.05, 4.69) is 5.32 Å². The van der Waals surface area contributed by atoms with E-state index in [1.54, 1.807) is 6.92 Å². The van der Waals surface area contributed by atoms with Gasteiger partial charge in [0.05, 0.1) is 29.7 Å². The number of halogens is 1. The fourth-order valence-corrected chi connectivity index (χ4v) is 2.04. The zero-order valence-corrected chi connectivity index (χ0v) is 11.7. The van der Waals surface area contributed by atoms with Gasteiger partial charge in [-0.2, -0.15) is 0 Å². The molecule has 0 aliphatic carbocycles. The molecule has 0 saturated carbocycles. The molecular formula is C12H11ClN2O6. The first-order valence-corrected chi connectivity index (χ1v) is 6.41. The van der Waals surface area contributed by atoms with Crippen molar-refractivity contribution in [3.05, 3.63) is 27.3 Å². The van der Waals surface area contributed by atoms with Crippen LogP contribution in [-0.4, -0.2) is 29.5 Å². The van der Waals surface area contributed by atoms with Gasteiger partial charge in [-0.05, 0) is 13.0 Å². The van der Waals surface area contributed by atoms with Crippen LogP contribution in [0, 0.1) is 10.1 Å². The highest BCUT2D eigenvalue weighted by Gasteiger charge is 2.32. The molecule has 1 amide bonds. The quantitative estimate of drug-likeness (QED) is 0.516. The molecule has 0 fully saturated rings. The summed E-state index contributed by atoms with van der Waals surface area (Å²) in [6, 6.07) is 2.34. The second kappa shape index (κ2) is 5.96. The van der Waals surface area contributed by atoms with Crippen molar-refractivity contribution in [1.82, 2.24) is 0 Å². The molecule has 0 spiro atoms. The minimum Gasteiger partial charge on any atom is -0.478 e. The van der Waals surface area contributed by atoms with E-state index in [1.165, 1.54) is 6.07 Å². The van der Waals surface area contributed by atoms with Crippen molar-refractivity contribution >= 4 is 34.9 Å². The minimum absolute atomic E-state index is 0.0833. The van der Waals surface area contributed by atoms with Crippen molar-refractivity contribution in [3.8, 4) is 5.75 Å². The summed E-state index contributed by atoms with van der Waals surface area (Å²) in [5, 5.41) is 13.2. The summed E-state index contributed by atoms with van der Waals surface area (Å²) in [6.07, 6.45) is -1.38. The highest BCUT2D eigenvalue weighted by molar-refractivity contribution is 6.33. The number of benzene rings is 1. The van der Waals surface area contributed by atoms with Gasteiger partial charge in [-0.15, -0.1) is 0 Å². The van der Waals surface area contributed by atoms with Crippen LogP contribution in [0.5, 0.6) is 5.75 Å². The number of esters is 1. The topological polar surface area (TPSA) is 108 Å². The summed E-state index contributed by atoms with van der Waals surface area (Å²) >= 11 is 5.74. The van der Waals surface area contributed by atoms with Crippen LogP contribution >= 0.6 is 11.6 Å². The largest absolute Gasteiger partial charge is 0.478 e. The molecule has 1 aliphatic rings. The molecule has 1 unspecified atom stereocenters. The molecule has 0 radical (unpaired) electrons. The first kappa shape index (κ1) is 15.0. The molecule has 21 heavy (non-hydrogen) atoms. The fraction of sp³-hybridized carbons (Fsp3) is 0.333. The average molecular weight is 315 g/mol. The van der Waals surface area contributed by atoms with E-state index < -0.39 is 22.9 Å². The Morgan fingerprint density at radius 3 is 2.90 bits per heavy atom. The van der Waals surface area contributed by atoms with Gasteiger partial charge < -0.3 is 14.8 Å². The Labute approximate surface area is 124 Å². The standard InChI is InChI=1S/C12H11ClN2O6/c1-2-20-11(16)5-10-12(17)14-7-3-6(13)8(15(18)19)4-9(7)21-10/h3-4,10H,2,5H2,1H3,(H,14,17). The smallest absolute Gasteiger partial charge is 0.310 e. The van der Waals surface area contributed by atoms with Crippen LogP contribution in [0.4, 0.5) is 11.4 Å². The third kappa shape index (κ3) is 3.22. The van der Waals surface area contributed by atoms with E-state index in [4.69, 9.17) is 21.1 Å². The lowest BCUT2D eigenvalue weighted by Gasteiger charge is -2.25. The molecule has 0 saturated heterocycles. The lowest BCUT2D eigenvalue weighted by Crippen LogP contribution is -2.38. The van der Waals surface area contributed by atoms with Crippen molar-refractivity contribution < 1.29 is 24.0 Å². The SMILES string of the molecule is CCOC(=O)CC1Oc2cc([N+](=O)[O-])c(Cl)cc2NC1=O. The first-order valence-electron chi connectivity index (χ1n) is 6.03. The van der Waals surface area contributed by atoms with Gasteiger partial charge in [0.15, 0.2) is 11.9 Å². The van der Waals surface area contributed by atoms with Crippen LogP contribution in [0.3, 0.4) is 0 Å². The zero-order valence-electron chi connectivity index (χ0n) is 10.9. The van der Waals surface area contributed by atoms with Crippen molar-refractivity contribution in [2.24, 2.45) is 0 Å². The Bertz CT molecular complexity index is 618. The predicted octanol–water partition coefficient (Wildman–Crippen LogP) is 1.90. The molecule has 1 heterocycles. The number of nitrogens with one attached hydrogen (secondary N) is 1. The van der Waals surface area contributed by atoms with Gasteiger partial charge in [0.25, 0.3) is 11.6 Å². The Morgan fingerprint density at radius 1 is 1.57 bits per heavy atom. The van der Waals surface area contributed by atoms with Crippen LogP contribution in [0.2, 0.25) is 5.02 Å². The molecule has 2 rings (SSSR count). The summed E-state index contributed by atoms with van der Waals surface area (Å²) < 4.78 is 10.1. The van der Waals surface area contributed by atoms with Crippen molar-refractivity contribution in [2.45, 2.75) is 19.4 Å². The van der Waals surface area contributed by atoms with Crippen LogP contribution in [-0.2, 0) is 14.3 Å². The summed E-state index contributed by atoms with van der Waals surface area (Å²) in [7, 11) is 0. The van der Waals surface area contributed by atoms with E-state index in [1.807, 2.05) is 0 Å². The first-order chi connectivity index (χ1) is 9.92. The van der Waals surface area contributed by atoms with Crippen molar-refractivity contribution in [3.63, 3.8) is 0 Å². The van der Waals surface area contributed by atoms with Crippen molar-refractivity contribution in [2.75, 3.05) is 11.9 Å². The van der Waals surface area contributed by atoms with E-state index in [9.17, 15) is 19.7 Å². The molecule has 1 aromatic carbocycles. The van der Waals surface area contributed by atoms with Gasteiger partial charge in [-0.25, -0.2) is 0 Å². The summed E-state index contributed by atoms with van der Waals surface area (Å²) in [5.41, 5.74) is -0.128. The van der Waals surface area contributed by atoms with Gasteiger partial charge in [-0.1, -0.05) is 11.6 Å². The second-order valence-corrected chi connectivity index (χ2v) is 4.57. The molecule has 1 atom stereocenters. The number of carbonyl (C=O) groups excluding carboxylic acids is 2. The molecule has 1 N–H and O–H groups in total. The third-order valence-electron chi connectivity index (χ3n) is 2.72. The number of nitro groups is 1. The number of rotatable bonds is 4. The maximum absolute atomic E-state index is 11.8. The van der Waals surface area contributed by atoms with Gasteiger partial charge >= 0.3 is 5.97 Å². The lowest BCUT2D eigenvalue weighted by molar-refractivity contribution is -0.384. The van der Waals surface area contributed by atoms with Gasteiger partial charge in [0.1, 0.15) is 5.02 Å². The van der Waals surface area contributed by atoms with E-state index in [0.29, 0.717) is 0 Å². The van der Waals surface area contributed by atoms with Gasteiger partial charge in [0.2, 0.25) is 0 Å². The van der Waals surface area contributed by atoms with Crippen LogP contribution in [0.15, 0.2) is 12.1 Å². The molecule has 1 aliphatic heterocycles. The Balaban J connectivity index is 2.24. The van der Waals surface area contributed by atoms with Crippen LogP contribution in [0.25, 0.3) is 0 Å². The Hall–Kier alpha value is -2.35. The number of carbonyl (C=O) groups is 2. The number of fused-ring (bicyclic) bond motifs is 1. The van der Waals surface area contributed by atoms with Gasteiger partial charge in [0, 0.05) is 0 Å². The lowest BCUT2D eigenvalue weighted by atomic mass is 10.1.